The Kier molecular flexibility index (Phi) is 4.24. The lowest BCUT2D eigenvalue weighted by atomic mass is 9.99. The van der Waals surface area contributed by atoms with Crippen LogP contribution < -0.4 is 10.5 Å². The molecular formula is C15H16ClNO. The molecule has 0 amide bonds. The third-order valence-corrected chi connectivity index (χ3v) is 3.24. The van der Waals surface area contributed by atoms with Crippen LogP contribution in [0.25, 0.3) is 0 Å². The second-order valence-electron chi connectivity index (χ2n) is 4.18. The number of hydrogen-bond acceptors (Lipinski definition) is 2. The summed E-state index contributed by atoms with van der Waals surface area (Å²) in [7, 11) is 1.66. The number of halogens is 1. The van der Waals surface area contributed by atoms with E-state index in [1.54, 1.807) is 7.11 Å². The summed E-state index contributed by atoms with van der Waals surface area (Å²) in [5.74, 6) is 0.846. The Hall–Kier alpha value is -1.51. The van der Waals surface area contributed by atoms with Crippen molar-refractivity contribution in [3.05, 3.63) is 64.7 Å². The first-order valence-electron chi connectivity index (χ1n) is 5.83. The summed E-state index contributed by atoms with van der Waals surface area (Å²) in [6.07, 6.45) is 0.737. The first-order valence-corrected chi connectivity index (χ1v) is 6.21. The van der Waals surface area contributed by atoms with Crippen LogP contribution in [-0.4, -0.2) is 7.11 Å². The summed E-state index contributed by atoms with van der Waals surface area (Å²) in [4.78, 5) is 0. The Labute approximate surface area is 112 Å². The Balaban J connectivity index is 2.16. The van der Waals surface area contributed by atoms with Gasteiger partial charge in [-0.2, -0.15) is 0 Å². The van der Waals surface area contributed by atoms with Gasteiger partial charge in [0.25, 0.3) is 0 Å². The van der Waals surface area contributed by atoms with Gasteiger partial charge in [0.2, 0.25) is 0 Å². The molecule has 0 aliphatic rings. The van der Waals surface area contributed by atoms with E-state index in [0.717, 1.165) is 23.3 Å². The fraction of sp³-hybridized carbons (Fsp3) is 0.200. The molecule has 3 heteroatoms. The fourth-order valence-electron chi connectivity index (χ4n) is 1.94. The molecule has 0 aliphatic heterocycles. The Morgan fingerprint density at radius 1 is 1.17 bits per heavy atom. The Bertz CT molecular complexity index is 527. The average molecular weight is 262 g/mol. The largest absolute Gasteiger partial charge is 0.497 e. The zero-order valence-electron chi connectivity index (χ0n) is 10.3. The molecule has 1 unspecified atom stereocenters. The van der Waals surface area contributed by atoms with Gasteiger partial charge in [0.05, 0.1) is 7.11 Å². The van der Waals surface area contributed by atoms with Crippen LogP contribution in [0, 0.1) is 0 Å². The zero-order chi connectivity index (χ0) is 13.0. The van der Waals surface area contributed by atoms with Crippen molar-refractivity contribution < 1.29 is 4.74 Å². The first kappa shape index (κ1) is 12.9. The molecule has 2 N–H and O–H groups in total. The van der Waals surface area contributed by atoms with Crippen molar-refractivity contribution in [3.63, 3.8) is 0 Å². The molecule has 0 spiro atoms. The standard InChI is InChI=1S/C15H16ClNO/c1-18-12-6-4-5-11(9-12)10-15(17)13-7-2-3-8-14(13)16/h2-9,15H,10,17H2,1H3. The van der Waals surface area contributed by atoms with Crippen molar-refractivity contribution in [3.8, 4) is 5.75 Å². The zero-order valence-corrected chi connectivity index (χ0v) is 11.0. The van der Waals surface area contributed by atoms with Crippen molar-refractivity contribution in [1.29, 1.82) is 0 Å². The quantitative estimate of drug-likeness (QED) is 0.913. The molecule has 2 nitrogen and oxygen atoms in total. The minimum Gasteiger partial charge on any atom is -0.497 e. The van der Waals surface area contributed by atoms with Gasteiger partial charge in [0.1, 0.15) is 5.75 Å². The molecule has 18 heavy (non-hydrogen) atoms. The van der Waals surface area contributed by atoms with Crippen LogP contribution >= 0.6 is 11.6 Å². The molecule has 2 aromatic rings. The molecule has 0 aliphatic carbocycles. The van der Waals surface area contributed by atoms with E-state index in [1.165, 1.54) is 0 Å². The van der Waals surface area contributed by atoms with Crippen LogP contribution in [0.5, 0.6) is 5.75 Å². The molecule has 94 valence electrons. The van der Waals surface area contributed by atoms with Crippen molar-refractivity contribution >= 4 is 11.6 Å². The number of nitrogens with two attached hydrogens (primary N) is 1. The van der Waals surface area contributed by atoms with E-state index in [4.69, 9.17) is 22.1 Å². The van der Waals surface area contributed by atoms with Crippen LogP contribution in [0.2, 0.25) is 5.02 Å². The van der Waals surface area contributed by atoms with Gasteiger partial charge < -0.3 is 10.5 Å². The normalized spacial score (nSPS) is 12.2. The predicted octanol–water partition coefficient (Wildman–Crippen LogP) is 3.59. The molecule has 0 heterocycles. The molecular weight excluding hydrogens is 246 g/mol. The van der Waals surface area contributed by atoms with Crippen molar-refractivity contribution in [2.75, 3.05) is 7.11 Å². The third-order valence-electron chi connectivity index (χ3n) is 2.89. The lowest BCUT2D eigenvalue weighted by molar-refractivity contribution is 0.414. The van der Waals surface area contributed by atoms with Crippen molar-refractivity contribution in [1.82, 2.24) is 0 Å². The lowest BCUT2D eigenvalue weighted by Crippen LogP contribution is -2.13. The lowest BCUT2D eigenvalue weighted by Gasteiger charge is -2.14. The van der Waals surface area contributed by atoms with Crippen LogP contribution in [0.1, 0.15) is 17.2 Å². The van der Waals surface area contributed by atoms with E-state index >= 15 is 0 Å². The molecule has 0 radical (unpaired) electrons. The van der Waals surface area contributed by atoms with E-state index in [0.29, 0.717) is 5.02 Å². The van der Waals surface area contributed by atoms with Crippen LogP contribution in [-0.2, 0) is 6.42 Å². The highest BCUT2D eigenvalue weighted by Crippen LogP contribution is 2.24. The Morgan fingerprint density at radius 2 is 1.94 bits per heavy atom. The third kappa shape index (κ3) is 3.03. The van der Waals surface area contributed by atoms with E-state index in [2.05, 4.69) is 0 Å². The van der Waals surface area contributed by atoms with E-state index in [1.807, 2.05) is 48.5 Å². The van der Waals surface area contributed by atoms with Crippen molar-refractivity contribution in [2.45, 2.75) is 12.5 Å². The minimum atomic E-state index is -0.106. The second-order valence-corrected chi connectivity index (χ2v) is 4.59. The van der Waals surface area contributed by atoms with Gasteiger partial charge in [-0.05, 0) is 35.7 Å². The average Bonchev–Trinajstić information content (AvgIpc) is 2.39. The van der Waals surface area contributed by atoms with Gasteiger partial charge in [0, 0.05) is 11.1 Å². The monoisotopic (exact) mass is 261 g/mol. The number of hydrogen-bond donors (Lipinski definition) is 1. The molecule has 0 saturated heterocycles. The van der Waals surface area contributed by atoms with Crippen molar-refractivity contribution in [2.24, 2.45) is 5.73 Å². The summed E-state index contributed by atoms with van der Waals surface area (Å²) in [5, 5.41) is 0.716. The van der Waals surface area contributed by atoms with Crippen LogP contribution in [0.15, 0.2) is 48.5 Å². The van der Waals surface area contributed by atoms with Crippen LogP contribution in [0.4, 0.5) is 0 Å². The maximum absolute atomic E-state index is 6.19. The van der Waals surface area contributed by atoms with Gasteiger partial charge >= 0.3 is 0 Å². The van der Waals surface area contributed by atoms with Crippen LogP contribution in [0.3, 0.4) is 0 Å². The maximum atomic E-state index is 6.19. The smallest absolute Gasteiger partial charge is 0.119 e. The first-order chi connectivity index (χ1) is 8.70. The number of ether oxygens (including phenoxy) is 1. The number of benzene rings is 2. The maximum Gasteiger partial charge on any atom is 0.119 e. The second kappa shape index (κ2) is 5.89. The predicted molar refractivity (Wildman–Crippen MR) is 75.1 cm³/mol. The summed E-state index contributed by atoms with van der Waals surface area (Å²) in [6.45, 7) is 0. The van der Waals surface area contributed by atoms with Gasteiger partial charge in [0.15, 0.2) is 0 Å². The van der Waals surface area contributed by atoms with Gasteiger partial charge in [-0.25, -0.2) is 0 Å². The summed E-state index contributed by atoms with van der Waals surface area (Å²) >= 11 is 6.14. The molecule has 2 rings (SSSR count). The number of methoxy groups -OCH3 is 1. The molecule has 1 atom stereocenters. The van der Waals surface area contributed by atoms with Gasteiger partial charge in [-0.1, -0.05) is 41.9 Å². The van der Waals surface area contributed by atoms with Gasteiger partial charge in [-0.15, -0.1) is 0 Å². The molecule has 2 aromatic carbocycles. The minimum absolute atomic E-state index is 0.106. The molecule has 0 saturated carbocycles. The summed E-state index contributed by atoms with van der Waals surface area (Å²) in [5.41, 5.74) is 8.31. The molecule has 0 aromatic heterocycles. The molecule has 0 fully saturated rings. The van der Waals surface area contributed by atoms with Gasteiger partial charge in [-0.3, -0.25) is 0 Å². The van der Waals surface area contributed by atoms with E-state index < -0.39 is 0 Å². The summed E-state index contributed by atoms with van der Waals surface area (Å²) in [6, 6.07) is 15.5. The number of rotatable bonds is 4. The fourth-order valence-corrected chi connectivity index (χ4v) is 2.22. The highest BCUT2D eigenvalue weighted by atomic mass is 35.5. The topological polar surface area (TPSA) is 35.2 Å². The molecule has 0 bridgehead atoms. The highest BCUT2D eigenvalue weighted by Gasteiger charge is 2.10. The SMILES string of the molecule is COc1cccc(CC(N)c2ccccc2Cl)c1. The highest BCUT2D eigenvalue weighted by molar-refractivity contribution is 6.31. The van der Waals surface area contributed by atoms with E-state index in [-0.39, 0.29) is 6.04 Å². The summed E-state index contributed by atoms with van der Waals surface area (Å²) < 4.78 is 5.20. The van der Waals surface area contributed by atoms with E-state index in [9.17, 15) is 0 Å². The Morgan fingerprint density at radius 3 is 2.67 bits per heavy atom.